The lowest BCUT2D eigenvalue weighted by molar-refractivity contribution is -0.138. The maximum atomic E-state index is 13.0. The van der Waals surface area contributed by atoms with Gasteiger partial charge in [-0.2, -0.15) is 0 Å². The van der Waals surface area contributed by atoms with Gasteiger partial charge in [0.05, 0.1) is 15.8 Å². The maximum absolute atomic E-state index is 13.0. The largest absolute Gasteiger partial charge is 0.352 e. The van der Waals surface area contributed by atoms with Gasteiger partial charge in [0.1, 0.15) is 6.04 Å². The van der Waals surface area contributed by atoms with Crippen LogP contribution in [0.4, 0.5) is 0 Å². The van der Waals surface area contributed by atoms with Crippen LogP contribution in [0.2, 0.25) is 10.0 Å². The van der Waals surface area contributed by atoms with Crippen molar-refractivity contribution >= 4 is 62.7 Å². The molecule has 0 fully saturated rings. The molecule has 2 rings (SSSR count). The Labute approximate surface area is 200 Å². The summed E-state index contributed by atoms with van der Waals surface area (Å²) in [6.45, 7) is 5.92. The molecule has 0 aliphatic carbocycles. The average Bonchev–Trinajstić information content (AvgIpc) is 2.67. The molecule has 8 heteroatoms. The molecule has 1 atom stereocenters. The summed E-state index contributed by atoms with van der Waals surface area (Å²) in [6.07, 6.45) is 0. The van der Waals surface area contributed by atoms with Crippen molar-refractivity contribution in [1.29, 1.82) is 0 Å². The van der Waals surface area contributed by atoms with E-state index in [2.05, 4.69) is 21.2 Å². The Morgan fingerprint density at radius 3 is 2.43 bits per heavy atom. The SMILES string of the molecule is CC(C)NC(=O)[C@@H](C)N(Cc1cccc(Br)c1)C(=O)CSCc1ccc(Cl)c(Cl)c1. The summed E-state index contributed by atoms with van der Waals surface area (Å²) in [7, 11) is 0. The van der Waals surface area contributed by atoms with Crippen molar-refractivity contribution in [1.82, 2.24) is 10.2 Å². The molecule has 1 N–H and O–H groups in total. The van der Waals surface area contributed by atoms with Crippen molar-refractivity contribution < 1.29 is 9.59 Å². The van der Waals surface area contributed by atoms with Gasteiger partial charge >= 0.3 is 0 Å². The van der Waals surface area contributed by atoms with Crippen LogP contribution < -0.4 is 5.32 Å². The molecule has 0 saturated heterocycles. The van der Waals surface area contributed by atoms with Crippen LogP contribution in [0.5, 0.6) is 0 Å². The predicted molar refractivity (Wildman–Crippen MR) is 130 cm³/mol. The van der Waals surface area contributed by atoms with Crippen LogP contribution in [-0.4, -0.2) is 34.6 Å². The van der Waals surface area contributed by atoms with Gasteiger partial charge in [-0.1, -0.05) is 57.3 Å². The molecule has 4 nitrogen and oxygen atoms in total. The summed E-state index contributed by atoms with van der Waals surface area (Å²) in [4.78, 5) is 27.2. The molecule has 0 radical (unpaired) electrons. The normalized spacial score (nSPS) is 12.0. The smallest absolute Gasteiger partial charge is 0.242 e. The molecule has 0 aromatic heterocycles. The Balaban J connectivity index is 2.08. The minimum absolute atomic E-state index is 0.00630. The van der Waals surface area contributed by atoms with Crippen LogP contribution in [0.1, 0.15) is 31.9 Å². The van der Waals surface area contributed by atoms with Crippen molar-refractivity contribution in [2.45, 2.75) is 45.2 Å². The van der Waals surface area contributed by atoms with E-state index in [1.807, 2.05) is 44.2 Å². The first-order chi connectivity index (χ1) is 14.2. The molecule has 2 aromatic rings. The highest BCUT2D eigenvalue weighted by atomic mass is 79.9. The molecule has 0 unspecified atom stereocenters. The highest BCUT2D eigenvalue weighted by Crippen LogP contribution is 2.25. The van der Waals surface area contributed by atoms with Gasteiger partial charge in [0.2, 0.25) is 11.8 Å². The predicted octanol–water partition coefficient (Wildman–Crippen LogP) is 5.93. The average molecular weight is 532 g/mol. The quantitative estimate of drug-likeness (QED) is 0.436. The zero-order valence-electron chi connectivity index (χ0n) is 17.1. The van der Waals surface area contributed by atoms with E-state index in [-0.39, 0.29) is 23.6 Å². The van der Waals surface area contributed by atoms with Crippen LogP contribution >= 0.6 is 50.9 Å². The molecule has 2 amide bonds. The van der Waals surface area contributed by atoms with E-state index in [0.29, 0.717) is 22.3 Å². The van der Waals surface area contributed by atoms with Gasteiger partial charge in [0.15, 0.2) is 0 Å². The van der Waals surface area contributed by atoms with Gasteiger partial charge in [0, 0.05) is 22.8 Å². The van der Waals surface area contributed by atoms with E-state index < -0.39 is 6.04 Å². The molecule has 0 heterocycles. The van der Waals surface area contributed by atoms with E-state index >= 15 is 0 Å². The monoisotopic (exact) mass is 530 g/mol. The molecule has 162 valence electrons. The number of rotatable bonds is 9. The van der Waals surface area contributed by atoms with Crippen molar-refractivity contribution in [3.8, 4) is 0 Å². The second-order valence-electron chi connectivity index (χ2n) is 7.23. The van der Waals surface area contributed by atoms with Gasteiger partial charge in [-0.25, -0.2) is 0 Å². The van der Waals surface area contributed by atoms with E-state index in [1.54, 1.807) is 24.0 Å². The highest BCUT2D eigenvalue weighted by molar-refractivity contribution is 9.10. The Bertz CT molecular complexity index is 895. The lowest BCUT2D eigenvalue weighted by atomic mass is 10.1. The zero-order valence-corrected chi connectivity index (χ0v) is 21.0. The lowest BCUT2D eigenvalue weighted by Crippen LogP contribution is -2.49. The summed E-state index contributed by atoms with van der Waals surface area (Å²) < 4.78 is 0.931. The number of nitrogens with zero attached hydrogens (tertiary/aromatic N) is 1. The molecule has 2 aromatic carbocycles. The van der Waals surface area contributed by atoms with Gasteiger partial charge in [0.25, 0.3) is 0 Å². The van der Waals surface area contributed by atoms with E-state index in [0.717, 1.165) is 15.6 Å². The Kier molecular flexibility index (Phi) is 10.0. The number of hydrogen-bond acceptors (Lipinski definition) is 3. The zero-order chi connectivity index (χ0) is 22.3. The number of nitrogens with one attached hydrogen (secondary N) is 1. The maximum Gasteiger partial charge on any atom is 0.242 e. The third-order valence-electron chi connectivity index (χ3n) is 4.32. The molecule has 0 saturated carbocycles. The second kappa shape index (κ2) is 12.0. The number of benzene rings is 2. The Morgan fingerprint density at radius 1 is 1.07 bits per heavy atom. The van der Waals surface area contributed by atoms with Crippen molar-refractivity contribution in [2.24, 2.45) is 0 Å². The highest BCUT2D eigenvalue weighted by Gasteiger charge is 2.26. The molecule has 0 bridgehead atoms. The molecular formula is C22H25BrCl2N2O2S. The number of carbonyl (C=O) groups is 2. The molecule has 0 spiro atoms. The van der Waals surface area contributed by atoms with Gasteiger partial charge in [-0.3, -0.25) is 9.59 Å². The van der Waals surface area contributed by atoms with Crippen LogP contribution in [-0.2, 0) is 21.9 Å². The first-order valence-electron chi connectivity index (χ1n) is 9.53. The minimum atomic E-state index is -0.579. The van der Waals surface area contributed by atoms with Crippen LogP contribution in [0.3, 0.4) is 0 Å². The summed E-state index contributed by atoms with van der Waals surface area (Å²) in [5, 5.41) is 3.90. The number of hydrogen-bond donors (Lipinski definition) is 1. The topological polar surface area (TPSA) is 49.4 Å². The number of thioether (sulfide) groups is 1. The standard InChI is InChI=1S/C22H25BrCl2N2O2S/c1-14(2)26-22(29)15(3)27(11-16-5-4-6-18(23)9-16)21(28)13-30-12-17-7-8-19(24)20(25)10-17/h4-10,14-15H,11-13H2,1-3H3,(H,26,29)/t15-/m1/s1. The van der Waals surface area contributed by atoms with Crippen molar-refractivity contribution in [3.05, 3.63) is 68.1 Å². The first kappa shape index (κ1) is 25.1. The lowest BCUT2D eigenvalue weighted by Gasteiger charge is -2.29. The Morgan fingerprint density at radius 2 is 1.80 bits per heavy atom. The van der Waals surface area contributed by atoms with Gasteiger partial charge in [-0.15, -0.1) is 11.8 Å². The summed E-state index contributed by atoms with van der Waals surface area (Å²) in [6, 6.07) is 12.6. The van der Waals surface area contributed by atoms with Crippen LogP contribution in [0.15, 0.2) is 46.9 Å². The second-order valence-corrected chi connectivity index (χ2v) is 9.95. The minimum Gasteiger partial charge on any atom is -0.352 e. The molecule has 0 aliphatic heterocycles. The van der Waals surface area contributed by atoms with Crippen LogP contribution in [0, 0.1) is 0 Å². The van der Waals surface area contributed by atoms with Crippen molar-refractivity contribution in [3.63, 3.8) is 0 Å². The Hall–Kier alpha value is -1.21. The fourth-order valence-corrected chi connectivity index (χ4v) is 4.41. The fraction of sp³-hybridized carbons (Fsp3) is 0.364. The first-order valence-corrected chi connectivity index (χ1v) is 12.2. The summed E-state index contributed by atoms with van der Waals surface area (Å²) in [5.41, 5.74) is 1.95. The van der Waals surface area contributed by atoms with E-state index in [9.17, 15) is 9.59 Å². The summed E-state index contributed by atoms with van der Waals surface area (Å²) in [5.74, 6) is 0.627. The molecule has 0 aliphatic rings. The van der Waals surface area contributed by atoms with Gasteiger partial charge < -0.3 is 10.2 Å². The summed E-state index contributed by atoms with van der Waals surface area (Å²) >= 11 is 17.0. The number of carbonyl (C=O) groups excluding carboxylic acids is 2. The fourth-order valence-electron chi connectivity index (χ4n) is 2.79. The molecular weight excluding hydrogens is 507 g/mol. The van der Waals surface area contributed by atoms with Crippen LogP contribution in [0.25, 0.3) is 0 Å². The van der Waals surface area contributed by atoms with E-state index in [4.69, 9.17) is 23.2 Å². The van der Waals surface area contributed by atoms with Gasteiger partial charge in [-0.05, 0) is 56.2 Å². The number of halogens is 3. The van der Waals surface area contributed by atoms with Crippen molar-refractivity contribution in [2.75, 3.05) is 5.75 Å². The third-order valence-corrected chi connectivity index (χ3v) is 6.54. The van der Waals surface area contributed by atoms with E-state index in [1.165, 1.54) is 11.8 Å². The number of amides is 2. The third kappa shape index (κ3) is 7.80. The molecule has 30 heavy (non-hydrogen) atoms.